The summed E-state index contributed by atoms with van der Waals surface area (Å²) < 4.78 is 45.2. The third-order valence-corrected chi connectivity index (χ3v) is 4.35. The molecule has 0 spiro atoms. The van der Waals surface area contributed by atoms with Crippen LogP contribution in [0, 0.1) is 0 Å². The van der Waals surface area contributed by atoms with Crippen LogP contribution in [0.25, 0.3) is 17.0 Å². The summed E-state index contributed by atoms with van der Waals surface area (Å²) in [7, 11) is 0. The third-order valence-electron chi connectivity index (χ3n) is 4.35. The van der Waals surface area contributed by atoms with Gasteiger partial charge in [0.05, 0.1) is 23.6 Å². The highest BCUT2D eigenvalue weighted by Gasteiger charge is 2.26. The first-order valence-corrected chi connectivity index (χ1v) is 8.57. The average molecular weight is 377 g/mol. The number of ether oxygens (including phenoxy) is 1. The van der Waals surface area contributed by atoms with E-state index < -0.39 is 19.2 Å². The smallest absolute Gasteiger partial charge is 0.272 e. The molecule has 142 valence electrons. The second kappa shape index (κ2) is 7.43. The second-order valence-corrected chi connectivity index (χ2v) is 6.27. The van der Waals surface area contributed by atoms with Crippen LogP contribution in [0.3, 0.4) is 0 Å². The molecule has 0 bridgehead atoms. The van der Waals surface area contributed by atoms with Gasteiger partial charge < -0.3 is 15.4 Å². The van der Waals surface area contributed by atoms with Crippen LogP contribution in [0.4, 0.5) is 19.0 Å². The Morgan fingerprint density at radius 2 is 2.19 bits per heavy atom. The Labute approximate surface area is 153 Å². The van der Waals surface area contributed by atoms with E-state index in [0.29, 0.717) is 36.0 Å². The van der Waals surface area contributed by atoms with Crippen molar-refractivity contribution < 1.29 is 17.9 Å². The molecule has 3 aromatic rings. The maximum atomic E-state index is 13.8. The van der Waals surface area contributed by atoms with E-state index in [2.05, 4.69) is 20.6 Å². The molecule has 1 aliphatic rings. The van der Waals surface area contributed by atoms with Crippen molar-refractivity contribution >= 4 is 11.5 Å². The van der Waals surface area contributed by atoms with Gasteiger partial charge in [-0.05, 0) is 18.2 Å². The predicted molar refractivity (Wildman–Crippen MR) is 95.1 cm³/mol. The quantitative estimate of drug-likeness (QED) is 0.692. The summed E-state index contributed by atoms with van der Waals surface area (Å²) in [6, 6.07) is 8.32. The molecular formula is C18H18F3N5O. The third kappa shape index (κ3) is 3.82. The minimum atomic E-state index is -2.53. The summed E-state index contributed by atoms with van der Waals surface area (Å²) in [5.41, 5.74) is 1.95. The molecule has 6 nitrogen and oxygen atoms in total. The number of aromatic nitrogens is 3. The van der Waals surface area contributed by atoms with Gasteiger partial charge in [0.25, 0.3) is 6.43 Å². The van der Waals surface area contributed by atoms with Gasteiger partial charge in [-0.3, -0.25) is 4.40 Å². The van der Waals surface area contributed by atoms with Gasteiger partial charge in [-0.1, -0.05) is 6.07 Å². The molecule has 1 aliphatic heterocycles. The molecule has 4 heterocycles. The number of imidazole rings is 1. The van der Waals surface area contributed by atoms with Gasteiger partial charge in [0, 0.05) is 25.4 Å². The Kier molecular flexibility index (Phi) is 4.85. The standard InChI is InChI=1S/C18H18F3N5O/c19-12-7-22-8-14(12)25-17-3-1-2-13(24-17)15-9-23-18-6-11(4-5-26(15)18)27-10-16(20)21/h1-6,9,12,14,16,22H,7-8,10H2,(H,24,25)/t12-,14-/m0/s1. The van der Waals surface area contributed by atoms with Crippen molar-refractivity contribution in [3.8, 4) is 17.1 Å². The van der Waals surface area contributed by atoms with E-state index in [1.807, 2.05) is 12.1 Å². The minimum Gasteiger partial charge on any atom is -0.487 e. The van der Waals surface area contributed by atoms with Gasteiger partial charge in [-0.15, -0.1) is 0 Å². The van der Waals surface area contributed by atoms with E-state index >= 15 is 0 Å². The zero-order valence-corrected chi connectivity index (χ0v) is 14.3. The highest BCUT2D eigenvalue weighted by atomic mass is 19.3. The van der Waals surface area contributed by atoms with E-state index in [0.717, 1.165) is 5.69 Å². The molecular weight excluding hydrogens is 359 g/mol. The van der Waals surface area contributed by atoms with E-state index in [4.69, 9.17) is 4.74 Å². The van der Waals surface area contributed by atoms with Crippen molar-refractivity contribution in [2.75, 3.05) is 25.0 Å². The van der Waals surface area contributed by atoms with Gasteiger partial charge in [0.15, 0.2) is 0 Å². The van der Waals surface area contributed by atoms with Gasteiger partial charge in [-0.2, -0.15) is 0 Å². The summed E-state index contributed by atoms with van der Waals surface area (Å²) in [5.74, 6) is 0.904. The Morgan fingerprint density at radius 1 is 1.30 bits per heavy atom. The molecule has 1 saturated heterocycles. The highest BCUT2D eigenvalue weighted by molar-refractivity contribution is 5.62. The van der Waals surface area contributed by atoms with Crippen LogP contribution in [0.1, 0.15) is 0 Å². The number of rotatable bonds is 6. The molecule has 27 heavy (non-hydrogen) atoms. The van der Waals surface area contributed by atoms with Crippen LogP contribution < -0.4 is 15.4 Å². The minimum absolute atomic E-state index is 0.315. The zero-order valence-electron chi connectivity index (χ0n) is 14.3. The molecule has 1 fully saturated rings. The lowest BCUT2D eigenvalue weighted by Crippen LogP contribution is -2.29. The molecule has 0 aromatic carbocycles. The normalized spacial score (nSPS) is 19.7. The lowest BCUT2D eigenvalue weighted by Gasteiger charge is -2.15. The van der Waals surface area contributed by atoms with Crippen molar-refractivity contribution in [3.63, 3.8) is 0 Å². The summed E-state index contributed by atoms with van der Waals surface area (Å²) >= 11 is 0. The first-order chi connectivity index (χ1) is 13.1. The van der Waals surface area contributed by atoms with Crippen LogP contribution in [0.5, 0.6) is 5.75 Å². The molecule has 0 amide bonds. The number of fused-ring (bicyclic) bond motifs is 1. The number of nitrogens with zero attached hydrogens (tertiary/aromatic N) is 3. The SMILES string of the molecule is FC(F)COc1ccn2c(-c3cccc(N[C@H]4CNC[C@@H]4F)n3)cnc2c1. The Balaban J connectivity index is 1.57. The molecule has 9 heteroatoms. The fraction of sp³-hybridized carbons (Fsp3) is 0.333. The summed E-state index contributed by atoms with van der Waals surface area (Å²) in [4.78, 5) is 8.84. The number of halogens is 3. The van der Waals surface area contributed by atoms with Gasteiger partial charge in [-0.25, -0.2) is 23.1 Å². The maximum Gasteiger partial charge on any atom is 0.272 e. The number of hydrogen-bond donors (Lipinski definition) is 2. The number of anilines is 1. The van der Waals surface area contributed by atoms with E-state index in [1.54, 1.807) is 35.0 Å². The summed E-state index contributed by atoms with van der Waals surface area (Å²) in [6.45, 7) is 0.218. The van der Waals surface area contributed by atoms with Crippen LogP contribution in [0.2, 0.25) is 0 Å². The van der Waals surface area contributed by atoms with Gasteiger partial charge in [0.2, 0.25) is 0 Å². The summed E-state index contributed by atoms with van der Waals surface area (Å²) in [6.07, 6.45) is -0.153. The van der Waals surface area contributed by atoms with Crippen molar-refractivity contribution in [2.24, 2.45) is 0 Å². The molecule has 0 aliphatic carbocycles. The lowest BCUT2D eigenvalue weighted by molar-refractivity contribution is 0.0819. The monoisotopic (exact) mass is 377 g/mol. The number of pyridine rings is 2. The molecule has 4 rings (SSSR count). The Bertz CT molecular complexity index is 932. The average Bonchev–Trinajstić information content (AvgIpc) is 3.26. The largest absolute Gasteiger partial charge is 0.487 e. The van der Waals surface area contributed by atoms with E-state index in [9.17, 15) is 13.2 Å². The fourth-order valence-electron chi connectivity index (χ4n) is 3.04. The van der Waals surface area contributed by atoms with Crippen LogP contribution in [0.15, 0.2) is 42.7 Å². The Hall–Kier alpha value is -2.81. The second-order valence-electron chi connectivity index (χ2n) is 6.27. The number of alkyl halides is 3. The molecule has 3 aromatic heterocycles. The molecule has 0 saturated carbocycles. The molecule has 0 radical (unpaired) electrons. The van der Waals surface area contributed by atoms with Gasteiger partial charge in [0.1, 0.15) is 30.0 Å². The number of hydrogen-bond acceptors (Lipinski definition) is 5. The van der Waals surface area contributed by atoms with E-state index in [1.165, 1.54) is 0 Å². The molecule has 0 unspecified atom stereocenters. The van der Waals surface area contributed by atoms with Crippen LogP contribution in [-0.2, 0) is 0 Å². The first-order valence-electron chi connectivity index (χ1n) is 8.57. The fourth-order valence-corrected chi connectivity index (χ4v) is 3.04. The highest BCUT2D eigenvalue weighted by Crippen LogP contribution is 2.24. The van der Waals surface area contributed by atoms with E-state index in [-0.39, 0.29) is 6.04 Å². The van der Waals surface area contributed by atoms with Crippen LogP contribution >= 0.6 is 0 Å². The van der Waals surface area contributed by atoms with Crippen molar-refractivity contribution in [3.05, 3.63) is 42.7 Å². The Morgan fingerprint density at radius 3 is 2.96 bits per heavy atom. The molecule has 2 N–H and O–H groups in total. The predicted octanol–water partition coefficient (Wildman–Crippen LogP) is 2.76. The topological polar surface area (TPSA) is 63.5 Å². The lowest BCUT2D eigenvalue weighted by atomic mass is 10.2. The maximum absolute atomic E-state index is 13.8. The van der Waals surface area contributed by atoms with Crippen molar-refractivity contribution in [1.82, 2.24) is 19.7 Å². The zero-order chi connectivity index (χ0) is 18.8. The van der Waals surface area contributed by atoms with Crippen molar-refractivity contribution in [2.45, 2.75) is 18.6 Å². The summed E-state index contributed by atoms with van der Waals surface area (Å²) in [5, 5.41) is 6.10. The molecule has 2 atom stereocenters. The van der Waals surface area contributed by atoms with Crippen LogP contribution in [-0.4, -0.2) is 52.7 Å². The van der Waals surface area contributed by atoms with Crippen molar-refractivity contribution in [1.29, 1.82) is 0 Å². The first kappa shape index (κ1) is 17.6. The van der Waals surface area contributed by atoms with Gasteiger partial charge >= 0.3 is 0 Å². The number of nitrogens with one attached hydrogen (secondary N) is 2.